The number of hydrogen-bond donors (Lipinski definition) is 1. The molecule has 4 aromatic rings. The molecule has 2 aromatic carbocycles. The van der Waals surface area contributed by atoms with Crippen LogP contribution in [0.2, 0.25) is 0 Å². The molecule has 0 aliphatic heterocycles. The second kappa shape index (κ2) is 5.45. The van der Waals surface area contributed by atoms with Gasteiger partial charge >= 0.3 is 0 Å². The molecule has 2 heterocycles. The third-order valence-corrected chi connectivity index (χ3v) is 4.62. The van der Waals surface area contributed by atoms with E-state index in [0.29, 0.717) is 11.1 Å². The van der Waals surface area contributed by atoms with Gasteiger partial charge in [0.05, 0.1) is 22.8 Å². The fraction of sp³-hybridized carbons (Fsp3) is 0.200. The van der Waals surface area contributed by atoms with Crippen LogP contribution in [0.15, 0.2) is 36.5 Å². The molecule has 0 spiro atoms. The highest BCUT2D eigenvalue weighted by molar-refractivity contribution is 5.99. The lowest BCUT2D eigenvalue weighted by Crippen LogP contribution is -2.04. The summed E-state index contributed by atoms with van der Waals surface area (Å²) in [6.07, 6.45) is 1.77. The summed E-state index contributed by atoms with van der Waals surface area (Å²) in [5, 5.41) is 18.7. The van der Waals surface area contributed by atoms with Crippen molar-refractivity contribution in [2.75, 3.05) is 0 Å². The summed E-state index contributed by atoms with van der Waals surface area (Å²) in [7, 11) is 0. The number of benzene rings is 2. The number of aryl methyl sites for hydroxylation is 1. The number of nitrogens with one attached hydrogen (secondary N) is 1. The van der Waals surface area contributed by atoms with Crippen molar-refractivity contribution in [2.24, 2.45) is 0 Å². The molecule has 0 saturated heterocycles. The maximum absolute atomic E-state index is 13.8. The van der Waals surface area contributed by atoms with E-state index in [1.165, 1.54) is 6.07 Å². The van der Waals surface area contributed by atoms with Crippen molar-refractivity contribution in [1.29, 1.82) is 5.26 Å². The Hall–Kier alpha value is -3.13. The summed E-state index contributed by atoms with van der Waals surface area (Å²) in [5.74, 6) is -0.0899. The lowest BCUT2D eigenvalue weighted by Gasteiger charge is -2.14. The Morgan fingerprint density at radius 2 is 2.04 bits per heavy atom. The number of nitriles is 1. The van der Waals surface area contributed by atoms with E-state index >= 15 is 0 Å². The molecule has 2 aromatic heterocycles. The number of H-pyrrole nitrogens is 1. The highest BCUT2D eigenvalue weighted by Gasteiger charge is 2.21. The van der Waals surface area contributed by atoms with Crippen LogP contribution in [0.25, 0.3) is 27.5 Å². The molecule has 0 unspecified atom stereocenters. The number of hydrogen-bond acceptors (Lipinski definition) is 2. The lowest BCUT2D eigenvalue weighted by atomic mass is 10.0. The van der Waals surface area contributed by atoms with Gasteiger partial charge in [0.2, 0.25) is 0 Å². The average Bonchev–Trinajstić information content (AvgIpc) is 3.16. The third-order valence-electron chi connectivity index (χ3n) is 4.62. The topological polar surface area (TPSA) is 57.4 Å². The predicted molar refractivity (Wildman–Crippen MR) is 96.4 cm³/mol. The van der Waals surface area contributed by atoms with E-state index in [4.69, 9.17) is 0 Å². The van der Waals surface area contributed by atoms with Gasteiger partial charge in [0.1, 0.15) is 11.9 Å². The van der Waals surface area contributed by atoms with Crippen molar-refractivity contribution in [2.45, 2.75) is 26.7 Å². The summed E-state index contributed by atoms with van der Waals surface area (Å²) >= 11 is 0. The Labute approximate surface area is 144 Å². The van der Waals surface area contributed by atoms with E-state index in [2.05, 4.69) is 34.7 Å². The van der Waals surface area contributed by atoms with Crippen LogP contribution in [0.1, 0.15) is 36.6 Å². The maximum atomic E-state index is 13.8. The molecule has 0 saturated carbocycles. The largest absolute Gasteiger partial charge is 0.312 e. The van der Waals surface area contributed by atoms with Gasteiger partial charge in [-0.15, -0.1) is 0 Å². The first-order valence-corrected chi connectivity index (χ1v) is 8.19. The minimum atomic E-state index is -0.232. The van der Waals surface area contributed by atoms with E-state index in [1.807, 2.05) is 18.2 Å². The van der Waals surface area contributed by atoms with Crippen molar-refractivity contribution in [1.82, 2.24) is 14.8 Å². The third kappa shape index (κ3) is 2.22. The molecule has 0 amide bonds. The van der Waals surface area contributed by atoms with Gasteiger partial charge in [-0.1, -0.05) is 13.8 Å². The fourth-order valence-electron chi connectivity index (χ4n) is 3.45. The van der Waals surface area contributed by atoms with E-state index in [1.54, 1.807) is 19.2 Å². The second-order valence-corrected chi connectivity index (χ2v) is 6.62. The standard InChI is InChI=1S/C20H17FN4/c1-11(2)20-16(9-22)15-8-18-13(10-23-24-18)7-19(15)25(20)14-4-5-17(21)12(3)6-14/h4-8,10-11H,1-3H3,(H,23,24). The average molecular weight is 332 g/mol. The van der Waals surface area contributed by atoms with Gasteiger partial charge in [0.25, 0.3) is 0 Å². The van der Waals surface area contributed by atoms with Crippen molar-refractivity contribution in [3.8, 4) is 11.8 Å². The molecular formula is C20H17FN4. The Balaban J connectivity index is 2.18. The normalized spacial score (nSPS) is 11.5. The van der Waals surface area contributed by atoms with Crippen LogP contribution in [0.3, 0.4) is 0 Å². The van der Waals surface area contributed by atoms with Crippen LogP contribution in [0, 0.1) is 24.1 Å². The second-order valence-electron chi connectivity index (χ2n) is 6.62. The number of rotatable bonds is 2. The van der Waals surface area contributed by atoms with Gasteiger partial charge in [-0.2, -0.15) is 10.4 Å². The monoisotopic (exact) mass is 332 g/mol. The first kappa shape index (κ1) is 15.4. The van der Waals surface area contributed by atoms with Gasteiger partial charge < -0.3 is 4.57 Å². The van der Waals surface area contributed by atoms with Crippen LogP contribution in [-0.4, -0.2) is 14.8 Å². The van der Waals surface area contributed by atoms with Crippen molar-refractivity contribution >= 4 is 21.8 Å². The summed E-state index contributed by atoms with van der Waals surface area (Å²) in [4.78, 5) is 0. The molecular weight excluding hydrogens is 315 g/mol. The van der Waals surface area contributed by atoms with Crippen LogP contribution >= 0.6 is 0 Å². The number of aromatic nitrogens is 3. The van der Waals surface area contributed by atoms with E-state index in [0.717, 1.165) is 33.2 Å². The van der Waals surface area contributed by atoms with Crippen LogP contribution in [0.5, 0.6) is 0 Å². The van der Waals surface area contributed by atoms with Gasteiger partial charge in [-0.25, -0.2) is 4.39 Å². The molecule has 0 radical (unpaired) electrons. The van der Waals surface area contributed by atoms with E-state index in [-0.39, 0.29) is 11.7 Å². The maximum Gasteiger partial charge on any atom is 0.126 e. The van der Waals surface area contributed by atoms with Crippen LogP contribution < -0.4 is 0 Å². The molecule has 0 aliphatic carbocycles. The zero-order chi connectivity index (χ0) is 17.7. The summed E-state index contributed by atoms with van der Waals surface area (Å²) in [5.41, 5.74) is 4.85. The van der Waals surface area contributed by atoms with Gasteiger partial charge in [0.15, 0.2) is 0 Å². The Bertz CT molecular complexity index is 1160. The molecule has 4 rings (SSSR count). The molecule has 25 heavy (non-hydrogen) atoms. The number of halogens is 1. The molecule has 0 aliphatic rings. The summed E-state index contributed by atoms with van der Waals surface area (Å²) < 4.78 is 15.8. The minimum absolute atomic E-state index is 0.142. The predicted octanol–water partition coefficient (Wildman–Crippen LogP) is 4.95. The van der Waals surface area contributed by atoms with Crippen molar-refractivity contribution < 1.29 is 4.39 Å². The zero-order valence-electron chi connectivity index (χ0n) is 14.3. The molecule has 5 heteroatoms. The quantitative estimate of drug-likeness (QED) is 0.564. The van der Waals surface area contributed by atoms with Crippen LogP contribution in [-0.2, 0) is 0 Å². The Morgan fingerprint density at radius 3 is 2.72 bits per heavy atom. The fourth-order valence-corrected chi connectivity index (χ4v) is 3.45. The minimum Gasteiger partial charge on any atom is -0.312 e. The smallest absolute Gasteiger partial charge is 0.126 e. The summed E-state index contributed by atoms with van der Waals surface area (Å²) in [6.45, 7) is 5.88. The first-order valence-electron chi connectivity index (χ1n) is 8.19. The number of fused-ring (bicyclic) bond motifs is 2. The lowest BCUT2D eigenvalue weighted by molar-refractivity contribution is 0.618. The van der Waals surface area contributed by atoms with Crippen molar-refractivity contribution in [3.63, 3.8) is 0 Å². The number of nitrogens with zero attached hydrogens (tertiary/aromatic N) is 3. The van der Waals surface area contributed by atoms with Gasteiger partial charge in [-0.3, -0.25) is 5.10 Å². The van der Waals surface area contributed by atoms with Gasteiger partial charge in [0, 0.05) is 22.2 Å². The first-order chi connectivity index (χ1) is 12.0. The SMILES string of the molecule is Cc1cc(-n2c(C(C)C)c(C#N)c3cc4[nH]ncc4cc32)ccc1F. The number of aromatic amines is 1. The highest BCUT2D eigenvalue weighted by atomic mass is 19.1. The summed E-state index contributed by atoms with van der Waals surface area (Å²) in [6, 6.07) is 11.4. The molecule has 1 N–H and O–H groups in total. The van der Waals surface area contributed by atoms with Gasteiger partial charge in [-0.05, 0) is 48.7 Å². The van der Waals surface area contributed by atoms with Crippen molar-refractivity contribution in [3.05, 3.63) is 59.2 Å². The molecule has 4 nitrogen and oxygen atoms in total. The molecule has 0 atom stereocenters. The Morgan fingerprint density at radius 1 is 1.24 bits per heavy atom. The molecule has 0 bridgehead atoms. The highest BCUT2D eigenvalue weighted by Crippen LogP contribution is 2.35. The van der Waals surface area contributed by atoms with Crippen LogP contribution in [0.4, 0.5) is 4.39 Å². The molecule has 0 fully saturated rings. The zero-order valence-corrected chi connectivity index (χ0v) is 14.3. The van der Waals surface area contributed by atoms with E-state index in [9.17, 15) is 9.65 Å². The molecule has 124 valence electrons. The van der Waals surface area contributed by atoms with E-state index < -0.39 is 0 Å². The Kier molecular flexibility index (Phi) is 3.36.